The minimum Gasteiger partial charge on any atom is -0.381 e. The van der Waals surface area contributed by atoms with Crippen LogP contribution in [0, 0.1) is 5.92 Å². The number of carbonyl (C=O) groups is 1. The molecule has 1 rings (SSSR count). The van der Waals surface area contributed by atoms with Crippen molar-refractivity contribution in [3.8, 4) is 0 Å². The predicted octanol–water partition coefficient (Wildman–Crippen LogP) is 1.00. The maximum atomic E-state index is 9.92. The van der Waals surface area contributed by atoms with Gasteiger partial charge in [0.05, 0.1) is 0 Å². The van der Waals surface area contributed by atoms with Gasteiger partial charge in [-0.05, 0) is 18.8 Å². The van der Waals surface area contributed by atoms with Crippen LogP contribution in [0.15, 0.2) is 0 Å². The Labute approximate surface area is 55.2 Å². The van der Waals surface area contributed by atoms with E-state index >= 15 is 0 Å². The van der Waals surface area contributed by atoms with Crippen molar-refractivity contribution in [1.29, 1.82) is 0 Å². The molecule has 0 spiro atoms. The lowest BCUT2D eigenvalue weighted by molar-refractivity contribution is -0.108. The van der Waals surface area contributed by atoms with Crippen LogP contribution in [0.1, 0.15) is 19.3 Å². The molecular formula is C7H12O2. The van der Waals surface area contributed by atoms with E-state index in [1.54, 1.807) is 0 Å². The van der Waals surface area contributed by atoms with E-state index in [9.17, 15) is 4.79 Å². The van der Waals surface area contributed by atoms with Gasteiger partial charge in [-0.15, -0.1) is 0 Å². The van der Waals surface area contributed by atoms with Gasteiger partial charge in [-0.25, -0.2) is 0 Å². The highest BCUT2D eigenvalue weighted by atomic mass is 16.5. The third kappa shape index (κ3) is 2.14. The van der Waals surface area contributed by atoms with Gasteiger partial charge in [-0.3, -0.25) is 0 Å². The minimum atomic E-state index is 0.662. The SMILES string of the molecule is O=CCC[C@@H]1CCOC1. The van der Waals surface area contributed by atoms with Crippen LogP contribution in [0.4, 0.5) is 0 Å². The first-order chi connectivity index (χ1) is 4.43. The highest BCUT2D eigenvalue weighted by molar-refractivity contribution is 5.49. The standard InChI is InChI=1S/C7H12O2/c8-4-1-2-7-3-5-9-6-7/h4,7H,1-3,5-6H2/t7-/m1/s1. The zero-order chi connectivity index (χ0) is 6.53. The number of hydrogen-bond acceptors (Lipinski definition) is 2. The molecule has 0 aromatic carbocycles. The van der Waals surface area contributed by atoms with Crippen LogP contribution in [0.25, 0.3) is 0 Å². The summed E-state index contributed by atoms with van der Waals surface area (Å²) in [5, 5.41) is 0. The molecule has 1 atom stereocenters. The van der Waals surface area contributed by atoms with Gasteiger partial charge in [0.25, 0.3) is 0 Å². The number of rotatable bonds is 3. The van der Waals surface area contributed by atoms with E-state index < -0.39 is 0 Å². The number of aldehydes is 1. The molecule has 2 nitrogen and oxygen atoms in total. The molecule has 0 N–H and O–H groups in total. The fraction of sp³-hybridized carbons (Fsp3) is 0.857. The summed E-state index contributed by atoms with van der Waals surface area (Å²) in [4.78, 5) is 9.92. The molecule has 0 amide bonds. The third-order valence-electron chi connectivity index (χ3n) is 1.72. The lowest BCUT2D eigenvalue weighted by Crippen LogP contribution is -1.98. The Morgan fingerprint density at radius 2 is 2.56 bits per heavy atom. The molecule has 0 aliphatic carbocycles. The molecule has 1 aliphatic heterocycles. The van der Waals surface area contributed by atoms with E-state index in [2.05, 4.69) is 0 Å². The molecule has 0 radical (unpaired) electrons. The topological polar surface area (TPSA) is 26.3 Å². The van der Waals surface area contributed by atoms with Gasteiger partial charge in [-0.2, -0.15) is 0 Å². The maximum Gasteiger partial charge on any atom is 0.120 e. The monoisotopic (exact) mass is 128 g/mol. The molecule has 0 unspecified atom stereocenters. The summed E-state index contributed by atoms with van der Waals surface area (Å²) in [5.41, 5.74) is 0. The fourth-order valence-corrected chi connectivity index (χ4v) is 1.11. The smallest absolute Gasteiger partial charge is 0.120 e. The summed E-state index contributed by atoms with van der Waals surface area (Å²) in [7, 11) is 0. The van der Waals surface area contributed by atoms with Gasteiger partial charge in [-0.1, -0.05) is 0 Å². The highest BCUT2D eigenvalue weighted by Crippen LogP contribution is 2.16. The molecule has 1 fully saturated rings. The van der Waals surface area contributed by atoms with Crippen molar-refractivity contribution < 1.29 is 9.53 Å². The Bertz CT molecular complexity index is 84.9. The van der Waals surface area contributed by atoms with E-state index in [-0.39, 0.29) is 0 Å². The van der Waals surface area contributed by atoms with E-state index in [4.69, 9.17) is 4.74 Å². The van der Waals surface area contributed by atoms with E-state index in [0.29, 0.717) is 12.3 Å². The average molecular weight is 128 g/mol. The Kier molecular flexibility index (Phi) is 2.71. The molecule has 52 valence electrons. The van der Waals surface area contributed by atoms with Gasteiger partial charge in [0.1, 0.15) is 6.29 Å². The molecule has 1 saturated heterocycles. The number of carbonyl (C=O) groups excluding carboxylic acids is 1. The molecule has 1 aliphatic rings. The quantitative estimate of drug-likeness (QED) is 0.530. The van der Waals surface area contributed by atoms with Crippen LogP contribution in [0.3, 0.4) is 0 Å². The Balaban J connectivity index is 2.04. The minimum absolute atomic E-state index is 0.662. The molecule has 0 aromatic rings. The van der Waals surface area contributed by atoms with Gasteiger partial charge < -0.3 is 9.53 Å². The fourth-order valence-electron chi connectivity index (χ4n) is 1.11. The van der Waals surface area contributed by atoms with Crippen LogP contribution in [0.5, 0.6) is 0 Å². The van der Waals surface area contributed by atoms with E-state index in [1.807, 2.05) is 0 Å². The Morgan fingerprint density at radius 1 is 1.67 bits per heavy atom. The predicted molar refractivity (Wildman–Crippen MR) is 34.2 cm³/mol. The first-order valence-electron chi connectivity index (χ1n) is 3.45. The van der Waals surface area contributed by atoms with Crippen molar-refractivity contribution >= 4 is 6.29 Å². The second kappa shape index (κ2) is 3.62. The largest absolute Gasteiger partial charge is 0.381 e. The second-order valence-electron chi connectivity index (χ2n) is 2.47. The molecule has 1 heterocycles. The van der Waals surface area contributed by atoms with Crippen LogP contribution in [-0.2, 0) is 9.53 Å². The molecular weight excluding hydrogens is 116 g/mol. The lowest BCUT2D eigenvalue weighted by Gasteiger charge is -2.00. The summed E-state index contributed by atoms with van der Waals surface area (Å²) in [6, 6.07) is 0. The van der Waals surface area contributed by atoms with E-state index in [0.717, 1.165) is 32.3 Å². The second-order valence-corrected chi connectivity index (χ2v) is 2.47. The summed E-state index contributed by atoms with van der Waals surface area (Å²) >= 11 is 0. The van der Waals surface area contributed by atoms with Crippen LogP contribution >= 0.6 is 0 Å². The molecule has 0 bridgehead atoms. The van der Waals surface area contributed by atoms with Crippen molar-refractivity contribution in [3.05, 3.63) is 0 Å². The van der Waals surface area contributed by atoms with Crippen molar-refractivity contribution in [2.24, 2.45) is 5.92 Å². The average Bonchev–Trinajstić information content (AvgIpc) is 2.34. The zero-order valence-corrected chi connectivity index (χ0v) is 5.51. The number of ether oxygens (including phenoxy) is 1. The number of hydrogen-bond donors (Lipinski definition) is 0. The summed E-state index contributed by atoms with van der Waals surface area (Å²) in [6.07, 6.45) is 3.85. The first-order valence-corrected chi connectivity index (χ1v) is 3.45. The highest BCUT2D eigenvalue weighted by Gasteiger charge is 2.13. The van der Waals surface area contributed by atoms with Crippen LogP contribution < -0.4 is 0 Å². The van der Waals surface area contributed by atoms with Crippen molar-refractivity contribution in [3.63, 3.8) is 0 Å². The van der Waals surface area contributed by atoms with Crippen LogP contribution in [0.2, 0.25) is 0 Å². The first kappa shape index (κ1) is 6.75. The molecule has 0 saturated carbocycles. The van der Waals surface area contributed by atoms with Gasteiger partial charge in [0.2, 0.25) is 0 Å². The summed E-state index contributed by atoms with van der Waals surface area (Å²) < 4.78 is 5.14. The van der Waals surface area contributed by atoms with Gasteiger partial charge >= 0.3 is 0 Å². The Hall–Kier alpha value is -0.370. The Morgan fingerprint density at radius 3 is 3.11 bits per heavy atom. The van der Waals surface area contributed by atoms with Crippen molar-refractivity contribution in [2.45, 2.75) is 19.3 Å². The van der Waals surface area contributed by atoms with Crippen molar-refractivity contribution in [2.75, 3.05) is 13.2 Å². The van der Waals surface area contributed by atoms with E-state index in [1.165, 1.54) is 0 Å². The molecule has 9 heavy (non-hydrogen) atoms. The van der Waals surface area contributed by atoms with Gasteiger partial charge in [0.15, 0.2) is 0 Å². The summed E-state index contributed by atoms with van der Waals surface area (Å²) in [6.45, 7) is 1.76. The lowest BCUT2D eigenvalue weighted by atomic mass is 10.0. The maximum absolute atomic E-state index is 9.92. The molecule has 2 heteroatoms. The third-order valence-corrected chi connectivity index (χ3v) is 1.72. The summed E-state index contributed by atoms with van der Waals surface area (Å²) in [5.74, 6) is 0.662. The van der Waals surface area contributed by atoms with Crippen LogP contribution in [-0.4, -0.2) is 19.5 Å². The van der Waals surface area contributed by atoms with Gasteiger partial charge in [0, 0.05) is 19.6 Å². The normalized spacial score (nSPS) is 26.4. The molecule has 0 aromatic heterocycles. The zero-order valence-electron chi connectivity index (χ0n) is 5.51. The van der Waals surface area contributed by atoms with Crippen molar-refractivity contribution in [1.82, 2.24) is 0 Å².